The number of carbonyl (C=O) groups is 1. The highest BCUT2D eigenvalue weighted by atomic mass is 19.1. The predicted molar refractivity (Wildman–Crippen MR) is 82.3 cm³/mol. The molecule has 110 valence electrons. The molecule has 2 aromatic carbocycles. The van der Waals surface area contributed by atoms with Crippen molar-refractivity contribution in [2.45, 2.75) is 19.9 Å². The second-order valence-corrected chi connectivity index (χ2v) is 5.35. The molecule has 0 heterocycles. The summed E-state index contributed by atoms with van der Waals surface area (Å²) in [5, 5.41) is 2.89. The maximum Gasteiger partial charge on any atom is 0.254 e. The molecule has 2 rings (SSSR count). The highest BCUT2D eigenvalue weighted by molar-refractivity contribution is 5.95. The van der Waals surface area contributed by atoms with E-state index in [1.54, 1.807) is 0 Å². The van der Waals surface area contributed by atoms with Gasteiger partial charge in [0.1, 0.15) is 5.82 Å². The Bertz CT molecular complexity index is 626. The Morgan fingerprint density at radius 1 is 1.14 bits per heavy atom. The summed E-state index contributed by atoms with van der Waals surface area (Å²) in [6.45, 7) is 4.02. The van der Waals surface area contributed by atoms with Gasteiger partial charge >= 0.3 is 0 Å². The van der Waals surface area contributed by atoms with Crippen molar-refractivity contribution >= 4 is 11.6 Å². The zero-order valence-corrected chi connectivity index (χ0v) is 12.1. The van der Waals surface area contributed by atoms with Crippen LogP contribution in [-0.2, 0) is 0 Å². The average molecular weight is 286 g/mol. The van der Waals surface area contributed by atoms with Crippen molar-refractivity contribution < 1.29 is 9.18 Å². The first-order valence-electron chi connectivity index (χ1n) is 6.90. The summed E-state index contributed by atoms with van der Waals surface area (Å²) in [7, 11) is 0. The van der Waals surface area contributed by atoms with Crippen molar-refractivity contribution in [1.82, 2.24) is 5.32 Å². The maximum absolute atomic E-state index is 13.8. The van der Waals surface area contributed by atoms with Crippen LogP contribution in [-0.4, -0.2) is 5.91 Å². The van der Waals surface area contributed by atoms with E-state index in [-0.39, 0.29) is 17.5 Å². The smallest absolute Gasteiger partial charge is 0.254 e. The van der Waals surface area contributed by atoms with Crippen molar-refractivity contribution in [3.05, 3.63) is 65.5 Å². The van der Waals surface area contributed by atoms with E-state index in [4.69, 9.17) is 5.73 Å². The minimum Gasteiger partial charge on any atom is -0.399 e. The van der Waals surface area contributed by atoms with Gasteiger partial charge in [-0.25, -0.2) is 4.39 Å². The summed E-state index contributed by atoms with van der Waals surface area (Å²) in [6, 6.07) is 13.6. The molecule has 1 unspecified atom stereocenters. The zero-order valence-electron chi connectivity index (χ0n) is 12.1. The number of hydrogen-bond acceptors (Lipinski definition) is 2. The predicted octanol–water partition coefficient (Wildman–Crippen LogP) is 3.54. The first-order chi connectivity index (χ1) is 9.99. The lowest BCUT2D eigenvalue weighted by Crippen LogP contribution is -2.32. The Hall–Kier alpha value is -2.36. The van der Waals surface area contributed by atoms with Gasteiger partial charge in [0.15, 0.2) is 0 Å². The molecule has 21 heavy (non-hydrogen) atoms. The molecule has 1 atom stereocenters. The normalized spacial score (nSPS) is 12.2. The molecule has 3 nitrogen and oxygen atoms in total. The van der Waals surface area contributed by atoms with E-state index in [0.717, 1.165) is 11.6 Å². The van der Waals surface area contributed by atoms with Crippen molar-refractivity contribution in [1.29, 1.82) is 0 Å². The maximum atomic E-state index is 13.8. The number of nitrogens with two attached hydrogens (primary N) is 1. The SMILES string of the molecule is CC(C)C(NC(=O)c1ccc(N)cc1F)c1ccccc1. The minimum absolute atomic E-state index is 0.00535. The van der Waals surface area contributed by atoms with Gasteiger partial charge in [-0.15, -0.1) is 0 Å². The number of anilines is 1. The topological polar surface area (TPSA) is 55.1 Å². The Labute approximate surface area is 124 Å². The summed E-state index contributed by atoms with van der Waals surface area (Å²) in [4.78, 5) is 12.3. The number of carbonyl (C=O) groups excluding carboxylic acids is 1. The van der Waals surface area contributed by atoms with Gasteiger partial charge in [0.25, 0.3) is 5.91 Å². The molecule has 0 spiro atoms. The van der Waals surface area contributed by atoms with Crippen LogP contribution in [0.1, 0.15) is 35.8 Å². The fraction of sp³-hybridized carbons (Fsp3) is 0.235. The minimum atomic E-state index is -0.608. The van der Waals surface area contributed by atoms with Crippen LogP contribution in [0.15, 0.2) is 48.5 Å². The Morgan fingerprint density at radius 3 is 2.38 bits per heavy atom. The largest absolute Gasteiger partial charge is 0.399 e. The van der Waals surface area contributed by atoms with Gasteiger partial charge in [-0.1, -0.05) is 44.2 Å². The van der Waals surface area contributed by atoms with Crippen LogP contribution in [0.5, 0.6) is 0 Å². The monoisotopic (exact) mass is 286 g/mol. The number of nitrogens with one attached hydrogen (secondary N) is 1. The standard InChI is InChI=1S/C17H19FN2O/c1-11(2)16(12-6-4-3-5-7-12)20-17(21)14-9-8-13(19)10-15(14)18/h3-11,16H,19H2,1-2H3,(H,20,21). The molecule has 0 aliphatic heterocycles. The number of benzene rings is 2. The number of amides is 1. The molecular formula is C17H19FN2O. The van der Waals surface area contributed by atoms with E-state index >= 15 is 0 Å². The number of nitrogen functional groups attached to an aromatic ring is 1. The van der Waals surface area contributed by atoms with E-state index < -0.39 is 11.7 Å². The third kappa shape index (κ3) is 3.60. The summed E-state index contributed by atoms with van der Waals surface area (Å²) in [5.41, 5.74) is 6.80. The first-order valence-corrected chi connectivity index (χ1v) is 6.90. The molecule has 0 aliphatic rings. The highest BCUT2D eigenvalue weighted by Gasteiger charge is 2.20. The van der Waals surface area contributed by atoms with Crippen LogP contribution < -0.4 is 11.1 Å². The van der Waals surface area contributed by atoms with E-state index in [2.05, 4.69) is 5.32 Å². The Balaban J connectivity index is 2.23. The van der Waals surface area contributed by atoms with E-state index in [1.165, 1.54) is 12.1 Å². The van der Waals surface area contributed by atoms with E-state index in [9.17, 15) is 9.18 Å². The van der Waals surface area contributed by atoms with E-state index in [0.29, 0.717) is 5.69 Å². The molecule has 0 saturated carbocycles. The molecule has 0 aromatic heterocycles. The van der Waals surface area contributed by atoms with Gasteiger partial charge < -0.3 is 11.1 Å². The lowest BCUT2D eigenvalue weighted by Gasteiger charge is -2.23. The van der Waals surface area contributed by atoms with Crippen molar-refractivity contribution in [3.63, 3.8) is 0 Å². The highest BCUT2D eigenvalue weighted by Crippen LogP contribution is 2.22. The number of halogens is 1. The molecule has 0 radical (unpaired) electrons. The van der Waals surface area contributed by atoms with Gasteiger partial charge in [-0.05, 0) is 29.7 Å². The van der Waals surface area contributed by atoms with Crippen LogP contribution in [0.2, 0.25) is 0 Å². The van der Waals surface area contributed by atoms with Crippen LogP contribution in [0.25, 0.3) is 0 Å². The molecule has 3 N–H and O–H groups in total. The van der Waals surface area contributed by atoms with Gasteiger partial charge in [-0.3, -0.25) is 4.79 Å². The molecule has 1 amide bonds. The van der Waals surface area contributed by atoms with Gasteiger partial charge in [-0.2, -0.15) is 0 Å². The molecule has 4 heteroatoms. The average Bonchev–Trinajstić information content (AvgIpc) is 2.45. The zero-order chi connectivity index (χ0) is 15.4. The Morgan fingerprint density at radius 2 is 1.81 bits per heavy atom. The molecular weight excluding hydrogens is 267 g/mol. The van der Waals surface area contributed by atoms with Crippen LogP contribution >= 0.6 is 0 Å². The van der Waals surface area contributed by atoms with Crippen LogP contribution in [0.4, 0.5) is 10.1 Å². The Kier molecular flexibility index (Phi) is 4.58. The molecule has 0 fully saturated rings. The summed E-state index contributed by atoms with van der Waals surface area (Å²) in [5.74, 6) is -0.855. The first kappa shape index (κ1) is 15.0. The fourth-order valence-corrected chi connectivity index (χ4v) is 2.23. The van der Waals surface area contributed by atoms with Crippen LogP contribution in [0, 0.1) is 11.7 Å². The van der Waals surface area contributed by atoms with Gasteiger partial charge in [0.05, 0.1) is 11.6 Å². The second-order valence-electron chi connectivity index (χ2n) is 5.35. The van der Waals surface area contributed by atoms with Crippen LogP contribution in [0.3, 0.4) is 0 Å². The summed E-state index contributed by atoms with van der Waals surface area (Å²) >= 11 is 0. The molecule has 0 bridgehead atoms. The third-order valence-electron chi connectivity index (χ3n) is 3.35. The molecule has 0 saturated heterocycles. The van der Waals surface area contributed by atoms with Crippen molar-refractivity contribution in [2.75, 3.05) is 5.73 Å². The lowest BCUT2D eigenvalue weighted by atomic mass is 9.95. The van der Waals surface area contributed by atoms with Crippen molar-refractivity contribution in [2.24, 2.45) is 5.92 Å². The van der Waals surface area contributed by atoms with E-state index in [1.807, 2.05) is 44.2 Å². The number of hydrogen-bond donors (Lipinski definition) is 2. The second kappa shape index (κ2) is 6.39. The summed E-state index contributed by atoms with van der Waals surface area (Å²) in [6.07, 6.45) is 0. The van der Waals surface area contributed by atoms with Gasteiger partial charge in [0, 0.05) is 5.69 Å². The third-order valence-corrected chi connectivity index (χ3v) is 3.35. The van der Waals surface area contributed by atoms with Gasteiger partial charge in [0.2, 0.25) is 0 Å². The lowest BCUT2D eigenvalue weighted by molar-refractivity contribution is 0.0921. The summed E-state index contributed by atoms with van der Waals surface area (Å²) < 4.78 is 13.8. The molecule has 2 aromatic rings. The fourth-order valence-electron chi connectivity index (χ4n) is 2.23. The van der Waals surface area contributed by atoms with Crippen molar-refractivity contribution in [3.8, 4) is 0 Å². The quantitative estimate of drug-likeness (QED) is 0.845. The molecule has 0 aliphatic carbocycles. The number of rotatable bonds is 4.